The highest BCUT2D eigenvalue weighted by Crippen LogP contribution is 2.26. The zero-order valence-corrected chi connectivity index (χ0v) is 12.1. The van der Waals surface area contributed by atoms with Crippen LogP contribution in [0, 0.1) is 6.92 Å². The van der Waals surface area contributed by atoms with Gasteiger partial charge in [0.25, 0.3) is 0 Å². The monoisotopic (exact) mass is 308 g/mol. The molecule has 1 unspecified atom stereocenters. The van der Waals surface area contributed by atoms with Crippen LogP contribution < -0.4 is 11.3 Å². The number of aryl methyl sites for hydroxylation is 1. The Balaban J connectivity index is 2.25. The van der Waals surface area contributed by atoms with Crippen LogP contribution in [0.4, 0.5) is 0 Å². The first kappa shape index (κ1) is 13.3. The molecule has 3 N–H and O–H groups in total. The maximum atomic E-state index is 5.68. The van der Waals surface area contributed by atoms with Crippen LogP contribution in [0.1, 0.15) is 22.9 Å². The first-order valence-electron chi connectivity index (χ1n) is 5.81. The lowest BCUT2D eigenvalue weighted by Crippen LogP contribution is -2.30. The van der Waals surface area contributed by atoms with Crippen molar-refractivity contribution in [3.8, 4) is 0 Å². The summed E-state index contributed by atoms with van der Waals surface area (Å²) in [5.41, 5.74) is 6.30. The van der Waals surface area contributed by atoms with E-state index >= 15 is 0 Å². The number of rotatable bonds is 4. The van der Waals surface area contributed by atoms with E-state index in [1.165, 1.54) is 11.1 Å². The lowest BCUT2D eigenvalue weighted by Gasteiger charge is -2.18. The molecule has 0 spiro atoms. The van der Waals surface area contributed by atoms with Crippen molar-refractivity contribution in [2.24, 2.45) is 12.9 Å². The quantitative estimate of drug-likeness (QED) is 0.673. The number of aromatic nitrogens is 2. The Morgan fingerprint density at radius 3 is 2.83 bits per heavy atom. The van der Waals surface area contributed by atoms with Gasteiger partial charge in [-0.3, -0.25) is 16.0 Å². The molecule has 0 aliphatic carbocycles. The second kappa shape index (κ2) is 5.65. The van der Waals surface area contributed by atoms with Crippen LogP contribution in [-0.4, -0.2) is 9.78 Å². The van der Waals surface area contributed by atoms with Crippen molar-refractivity contribution in [2.45, 2.75) is 19.4 Å². The average molecular weight is 309 g/mol. The van der Waals surface area contributed by atoms with E-state index in [1.807, 2.05) is 31.4 Å². The SMILES string of the molecule is Cc1c(Br)cccc1C(Cc1ccn(C)n1)NN. The largest absolute Gasteiger partial charge is 0.276 e. The zero-order chi connectivity index (χ0) is 13.1. The summed E-state index contributed by atoms with van der Waals surface area (Å²) in [7, 11) is 1.92. The van der Waals surface area contributed by atoms with Crippen LogP contribution in [0.5, 0.6) is 0 Å². The van der Waals surface area contributed by atoms with Gasteiger partial charge in [0.05, 0.1) is 11.7 Å². The fourth-order valence-electron chi connectivity index (χ4n) is 2.04. The summed E-state index contributed by atoms with van der Waals surface area (Å²) in [6.45, 7) is 2.09. The number of nitrogens with two attached hydrogens (primary N) is 1. The predicted molar refractivity (Wildman–Crippen MR) is 75.9 cm³/mol. The molecule has 0 fully saturated rings. The number of halogens is 1. The minimum Gasteiger partial charge on any atom is -0.276 e. The van der Waals surface area contributed by atoms with E-state index in [4.69, 9.17) is 5.84 Å². The summed E-state index contributed by atoms with van der Waals surface area (Å²) in [5, 5.41) is 4.39. The van der Waals surface area contributed by atoms with Gasteiger partial charge in [-0.15, -0.1) is 0 Å². The van der Waals surface area contributed by atoms with Gasteiger partial charge in [-0.2, -0.15) is 5.10 Å². The maximum Gasteiger partial charge on any atom is 0.0643 e. The van der Waals surface area contributed by atoms with Gasteiger partial charge in [-0.25, -0.2) is 0 Å². The van der Waals surface area contributed by atoms with Gasteiger partial charge >= 0.3 is 0 Å². The van der Waals surface area contributed by atoms with Crippen LogP contribution in [0.2, 0.25) is 0 Å². The highest BCUT2D eigenvalue weighted by Gasteiger charge is 2.15. The topological polar surface area (TPSA) is 55.9 Å². The summed E-state index contributed by atoms with van der Waals surface area (Å²) >= 11 is 3.54. The fraction of sp³-hybridized carbons (Fsp3) is 0.308. The third-order valence-corrected chi connectivity index (χ3v) is 3.93. The molecule has 1 heterocycles. The van der Waals surface area contributed by atoms with Crippen LogP contribution in [0.25, 0.3) is 0 Å². The minimum atomic E-state index is 0.0670. The highest BCUT2D eigenvalue weighted by atomic mass is 79.9. The second-order valence-electron chi connectivity index (χ2n) is 4.36. The van der Waals surface area contributed by atoms with Gasteiger partial charge < -0.3 is 0 Å². The molecule has 2 aromatic rings. The lowest BCUT2D eigenvalue weighted by atomic mass is 9.98. The molecule has 1 aromatic carbocycles. The van der Waals surface area contributed by atoms with Crippen molar-refractivity contribution in [2.75, 3.05) is 0 Å². The van der Waals surface area contributed by atoms with Gasteiger partial charge in [-0.1, -0.05) is 28.1 Å². The van der Waals surface area contributed by atoms with Crippen molar-refractivity contribution in [1.82, 2.24) is 15.2 Å². The molecule has 0 radical (unpaired) electrons. The highest BCUT2D eigenvalue weighted by molar-refractivity contribution is 9.10. The van der Waals surface area contributed by atoms with E-state index in [-0.39, 0.29) is 6.04 Å². The minimum absolute atomic E-state index is 0.0670. The van der Waals surface area contributed by atoms with Gasteiger partial charge in [0.15, 0.2) is 0 Å². The Morgan fingerprint density at radius 2 is 2.22 bits per heavy atom. The predicted octanol–water partition coefficient (Wildman–Crippen LogP) is 2.24. The van der Waals surface area contributed by atoms with Crippen molar-refractivity contribution >= 4 is 15.9 Å². The number of nitrogens with one attached hydrogen (secondary N) is 1. The Kier molecular flexibility index (Phi) is 4.16. The van der Waals surface area contributed by atoms with Gasteiger partial charge in [0.2, 0.25) is 0 Å². The second-order valence-corrected chi connectivity index (χ2v) is 5.21. The maximum absolute atomic E-state index is 5.68. The van der Waals surface area contributed by atoms with Gasteiger partial charge in [0.1, 0.15) is 0 Å². The number of hydrogen-bond acceptors (Lipinski definition) is 3. The summed E-state index contributed by atoms with van der Waals surface area (Å²) < 4.78 is 2.90. The van der Waals surface area contributed by atoms with Crippen LogP contribution in [-0.2, 0) is 13.5 Å². The van der Waals surface area contributed by atoms with Crippen molar-refractivity contribution in [1.29, 1.82) is 0 Å². The molecule has 4 nitrogen and oxygen atoms in total. The summed E-state index contributed by atoms with van der Waals surface area (Å²) in [6, 6.07) is 8.23. The molecule has 2 rings (SSSR count). The third kappa shape index (κ3) is 2.80. The fourth-order valence-corrected chi connectivity index (χ4v) is 2.42. The first-order valence-corrected chi connectivity index (χ1v) is 6.60. The normalized spacial score (nSPS) is 12.7. The molecule has 0 bridgehead atoms. The van der Waals surface area contributed by atoms with Crippen LogP contribution in [0.3, 0.4) is 0 Å². The smallest absolute Gasteiger partial charge is 0.0643 e. The van der Waals surface area contributed by atoms with E-state index in [2.05, 4.69) is 39.4 Å². The van der Waals surface area contributed by atoms with Crippen LogP contribution >= 0.6 is 15.9 Å². The van der Waals surface area contributed by atoms with E-state index in [9.17, 15) is 0 Å². The van der Waals surface area contributed by atoms with Gasteiger partial charge in [-0.05, 0) is 30.2 Å². The van der Waals surface area contributed by atoms with E-state index in [0.29, 0.717) is 0 Å². The standard InChI is InChI=1S/C13H17BrN4/c1-9-11(4-3-5-12(9)14)13(16-15)8-10-6-7-18(2)17-10/h3-7,13,16H,8,15H2,1-2H3. The Hall–Kier alpha value is -1.17. The summed E-state index contributed by atoms with van der Waals surface area (Å²) in [4.78, 5) is 0. The molecule has 0 aliphatic heterocycles. The molecule has 1 aromatic heterocycles. The van der Waals surface area contributed by atoms with Crippen molar-refractivity contribution < 1.29 is 0 Å². The molecular weight excluding hydrogens is 292 g/mol. The number of benzene rings is 1. The van der Waals surface area contributed by atoms with E-state index in [0.717, 1.165) is 16.6 Å². The van der Waals surface area contributed by atoms with Gasteiger partial charge in [0, 0.05) is 24.1 Å². The van der Waals surface area contributed by atoms with Crippen molar-refractivity contribution in [3.05, 3.63) is 51.8 Å². The Morgan fingerprint density at radius 1 is 1.44 bits per heavy atom. The molecular formula is C13H17BrN4. The molecule has 0 saturated carbocycles. The third-order valence-electron chi connectivity index (χ3n) is 3.07. The molecule has 0 saturated heterocycles. The molecule has 96 valence electrons. The lowest BCUT2D eigenvalue weighted by molar-refractivity contribution is 0.539. The first-order chi connectivity index (χ1) is 8.61. The van der Waals surface area contributed by atoms with Crippen LogP contribution in [0.15, 0.2) is 34.9 Å². The Bertz CT molecular complexity index is 536. The number of hydrazine groups is 1. The molecule has 0 amide bonds. The average Bonchev–Trinajstić information content (AvgIpc) is 2.76. The molecule has 5 heteroatoms. The molecule has 18 heavy (non-hydrogen) atoms. The number of nitrogens with zero attached hydrogens (tertiary/aromatic N) is 2. The summed E-state index contributed by atoms with van der Waals surface area (Å²) in [6.07, 6.45) is 2.71. The zero-order valence-electron chi connectivity index (χ0n) is 10.5. The summed E-state index contributed by atoms with van der Waals surface area (Å²) in [5.74, 6) is 5.68. The van der Waals surface area contributed by atoms with E-state index in [1.54, 1.807) is 4.68 Å². The number of hydrogen-bond donors (Lipinski definition) is 2. The molecule has 1 atom stereocenters. The van der Waals surface area contributed by atoms with Crippen molar-refractivity contribution in [3.63, 3.8) is 0 Å². The Labute approximate surface area is 115 Å². The van der Waals surface area contributed by atoms with E-state index < -0.39 is 0 Å². The molecule has 0 aliphatic rings.